The van der Waals surface area contributed by atoms with Crippen LogP contribution in [0.4, 0.5) is 5.69 Å². The minimum absolute atomic E-state index is 0.221. The molecule has 2 unspecified atom stereocenters. The maximum absolute atomic E-state index is 8.95. The van der Waals surface area contributed by atoms with Gasteiger partial charge in [0, 0.05) is 24.9 Å². The van der Waals surface area contributed by atoms with Gasteiger partial charge in [-0.1, -0.05) is 19.1 Å². The number of hydrogen-bond donors (Lipinski definition) is 2. The molecule has 0 bridgehead atoms. The topological polar surface area (TPSA) is 35.5 Å². The van der Waals surface area contributed by atoms with Crippen LogP contribution in [0, 0.1) is 5.92 Å². The summed E-state index contributed by atoms with van der Waals surface area (Å²) in [4.78, 5) is 2.61. The van der Waals surface area contributed by atoms with Crippen molar-refractivity contribution in [3.05, 3.63) is 29.8 Å². The van der Waals surface area contributed by atoms with E-state index in [2.05, 4.69) is 48.3 Å². The highest BCUT2D eigenvalue weighted by Gasteiger charge is 2.24. The van der Waals surface area contributed by atoms with E-state index in [1.165, 1.54) is 50.1 Å². The number of nitrogens with zero attached hydrogens (tertiary/aromatic N) is 1. The van der Waals surface area contributed by atoms with Crippen molar-refractivity contribution in [1.82, 2.24) is 4.90 Å². The fourth-order valence-corrected chi connectivity index (χ4v) is 3.30. The molecule has 2 N–H and O–H groups in total. The number of rotatable bonds is 7. The average Bonchev–Trinajstić information content (AvgIpc) is 2.50. The first-order valence-electron chi connectivity index (χ1n) is 8.41. The summed E-state index contributed by atoms with van der Waals surface area (Å²) >= 11 is 0. The lowest BCUT2D eigenvalue weighted by molar-refractivity contribution is 0.165. The summed E-state index contributed by atoms with van der Waals surface area (Å²) < 4.78 is 0. The normalized spacial score (nSPS) is 21.2. The number of nitrogens with one attached hydrogen (secondary N) is 1. The second kappa shape index (κ2) is 8.40. The Morgan fingerprint density at radius 3 is 2.76 bits per heavy atom. The summed E-state index contributed by atoms with van der Waals surface area (Å²) in [5.41, 5.74) is 2.39. The number of benzene rings is 1. The molecule has 1 aliphatic rings. The van der Waals surface area contributed by atoms with Crippen LogP contribution in [0.3, 0.4) is 0 Å². The second-order valence-electron chi connectivity index (χ2n) is 6.31. The fraction of sp³-hybridized carbons (Fsp3) is 0.667. The molecule has 0 spiro atoms. The quantitative estimate of drug-likeness (QED) is 0.810. The van der Waals surface area contributed by atoms with E-state index in [1.54, 1.807) is 0 Å². The lowest BCUT2D eigenvalue weighted by Gasteiger charge is -2.36. The molecular weight excluding hydrogens is 260 g/mol. The summed E-state index contributed by atoms with van der Waals surface area (Å²) in [7, 11) is 0. The monoisotopic (exact) mass is 290 g/mol. The number of piperidine rings is 1. The minimum Gasteiger partial charge on any atom is -0.396 e. The van der Waals surface area contributed by atoms with Crippen LogP contribution in [0.15, 0.2) is 24.3 Å². The zero-order chi connectivity index (χ0) is 15.1. The van der Waals surface area contributed by atoms with Crippen molar-refractivity contribution in [3.63, 3.8) is 0 Å². The number of hydrogen-bond acceptors (Lipinski definition) is 3. The van der Waals surface area contributed by atoms with Crippen molar-refractivity contribution in [1.29, 1.82) is 0 Å². The van der Waals surface area contributed by atoms with E-state index in [-0.39, 0.29) is 6.61 Å². The molecule has 1 fully saturated rings. The lowest BCUT2D eigenvalue weighted by Crippen LogP contribution is -2.42. The molecular formula is C18H30N2O. The first-order valence-corrected chi connectivity index (χ1v) is 8.41. The number of aliphatic hydroxyl groups excluding tert-OH is 1. The molecule has 1 saturated heterocycles. The van der Waals surface area contributed by atoms with Crippen LogP contribution < -0.4 is 5.32 Å². The average molecular weight is 290 g/mol. The van der Waals surface area contributed by atoms with Gasteiger partial charge < -0.3 is 15.3 Å². The Morgan fingerprint density at radius 1 is 1.33 bits per heavy atom. The van der Waals surface area contributed by atoms with Gasteiger partial charge in [-0.25, -0.2) is 0 Å². The van der Waals surface area contributed by atoms with Crippen LogP contribution in [-0.2, 0) is 6.42 Å². The molecule has 0 aromatic heterocycles. The molecule has 1 heterocycles. The van der Waals surface area contributed by atoms with E-state index in [4.69, 9.17) is 5.11 Å². The highest BCUT2D eigenvalue weighted by molar-refractivity contribution is 5.45. The van der Waals surface area contributed by atoms with Gasteiger partial charge in [0.15, 0.2) is 0 Å². The molecule has 1 aromatic rings. The van der Waals surface area contributed by atoms with E-state index >= 15 is 0 Å². The Hall–Kier alpha value is -1.06. The van der Waals surface area contributed by atoms with Crippen molar-refractivity contribution in [2.45, 2.75) is 45.6 Å². The molecule has 1 aromatic carbocycles. The van der Waals surface area contributed by atoms with Crippen LogP contribution in [0.5, 0.6) is 0 Å². The third kappa shape index (κ3) is 5.01. The summed E-state index contributed by atoms with van der Waals surface area (Å²) in [6.45, 7) is 8.52. The van der Waals surface area contributed by atoms with Crippen molar-refractivity contribution in [2.24, 2.45) is 5.92 Å². The maximum Gasteiger partial charge on any atom is 0.0471 e. The SMILES string of the molecule is CCCN1CCCC(C(C)Nc2ccc(CCO)cc2)C1. The molecule has 3 nitrogen and oxygen atoms in total. The number of likely N-dealkylation sites (tertiary alicyclic amines) is 1. The second-order valence-corrected chi connectivity index (χ2v) is 6.31. The molecule has 0 saturated carbocycles. The zero-order valence-electron chi connectivity index (χ0n) is 13.5. The number of anilines is 1. The van der Waals surface area contributed by atoms with Crippen LogP contribution in [0.1, 0.15) is 38.7 Å². The predicted molar refractivity (Wildman–Crippen MR) is 89.8 cm³/mol. The summed E-state index contributed by atoms with van der Waals surface area (Å²) in [5, 5.41) is 12.6. The molecule has 0 aliphatic carbocycles. The highest BCUT2D eigenvalue weighted by atomic mass is 16.2. The van der Waals surface area contributed by atoms with E-state index < -0.39 is 0 Å². The fourth-order valence-electron chi connectivity index (χ4n) is 3.30. The zero-order valence-corrected chi connectivity index (χ0v) is 13.5. The standard InChI is InChI=1S/C18H30N2O/c1-3-11-20-12-4-5-17(14-20)15(2)19-18-8-6-16(7-9-18)10-13-21/h6-9,15,17,19,21H,3-5,10-14H2,1-2H3. The van der Waals surface area contributed by atoms with Crippen LogP contribution in [-0.4, -0.2) is 42.3 Å². The molecule has 118 valence electrons. The largest absolute Gasteiger partial charge is 0.396 e. The summed E-state index contributed by atoms with van der Waals surface area (Å²) in [6.07, 6.45) is 4.65. The highest BCUT2D eigenvalue weighted by Crippen LogP contribution is 2.22. The van der Waals surface area contributed by atoms with Gasteiger partial charge in [0.05, 0.1) is 0 Å². The molecule has 0 amide bonds. The third-order valence-electron chi connectivity index (χ3n) is 4.54. The van der Waals surface area contributed by atoms with Crippen molar-refractivity contribution < 1.29 is 5.11 Å². The lowest BCUT2D eigenvalue weighted by atomic mass is 9.91. The van der Waals surface area contributed by atoms with Gasteiger partial charge in [-0.2, -0.15) is 0 Å². The van der Waals surface area contributed by atoms with E-state index in [9.17, 15) is 0 Å². The van der Waals surface area contributed by atoms with Gasteiger partial charge in [-0.3, -0.25) is 0 Å². The molecule has 0 radical (unpaired) electrons. The Morgan fingerprint density at radius 2 is 2.10 bits per heavy atom. The molecule has 2 rings (SSSR count). The van der Waals surface area contributed by atoms with Crippen LogP contribution in [0.2, 0.25) is 0 Å². The van der Waals surface area contributed by atoms with Crippen LogP contribution >= 0.6 is 0 Å². The predicted octanol–water partition coefficient (Wildman–Crippen LogP) is 3.14. The molecule has 1 aliphatic heterocycles. The van der Waals surface area contributed by atoms with E-state index in [1.807, 2.05) is 0 Å². The van der Waals surface area contributed by atoms with Crippen molar-refractivity contribution >= 4 is 5.69 Å². The van der Waals surface area contributed by atoms with Gasteiger partial charge in [-0.05, 0) is 69.3 Å². The third-order valence-corrected chi connectivity index (χ3v) is 4.54. The van der Waals surface area contributed by atoms with Gasteiger partial charge >= 0.3 is 0 Å². The Labute approximate surface area is 129 Å². The van der Waals surface area contributed by atoms with E-state index in [0.717, 1.165) is 12.3 Å². The molecule has 3 heteroatoms. The van der Waals surface area contributed by atoms with Crippen molar-refractivity contribution in [3.8, 4) is 0 Å². The first-order chi connectivity index (χ1) is 10.2. The van der Waals surface area contributed by atoms with E-state index in [0.29, 0.717) is 6.04 Å². The van der Waals surface area contributed by atoms with Gasteiger partial charge in [-0.15, -0.1) is 0 Å². The van der Waals surface area contributed by atoms with Gasteiger partial charge in [0.1, 0.15) is 0 Å². The summed E-state index contributed by atoms with van der Waals surface area (Å²) in [5.74, 6) is 0.738. The van der Waals surface area contributed by atoms with Gasteiger partial charge in [0.2, 0.25) is 0 Å². The Balaban J connectivity index is 1.86. The van der Waals surface area contributed by atoms with Crippen molar-refractivity contribution in [2.75, 3.05) is 31.6 Å². The molecule has 2 atom stereocenters. The summed E-state index contributed by atoms with van der Waals surface area (Å²) in [6, 6.07) is 8.99. The van der Waals surface area contributed by atoms with Crippen LogP contribution in [0.25, 0.3) is 0 Å². The maximum atomic E-state index is 8.95. The molecule has 21 heavy (non-hydrogen) atoms. The Bertz CT molecular complexity index is 402. The van der Waals surface area contributed by atoms with Gasteiger partial charge in [0.25, 0.3) is 0 Å². The smallest absolute Gasteiger partial charge is 0.0471 e. The number of aliphatic hydroxyl groups is 1. The first kappa shape index (κ1) is 16.3. The minimum atomic E-state index is 0.221. The Kier molecular flexibility index (Phi) is 6.52.